The van der Waals surface area contributed by atoms with E-state index in [4.69, 9.17) is 5.11 Å². The second-order valence-electron chi connectivity index (χ2n) is 4.53. The molecule has 102 valence electrons. The van der Waals surface area contributed by atoms with E-state index in [2.05, 4.69) is 9.71 Å². The summed E-state index contributed by atoms with van der Waals surface area (Å²) < 4.78 is 26.5. The van der Waals surface area contributed by atoms with Gasteiger partial charge in [0.1, 0.15) is 0 Å². The molecule has 1 aromatic heterocycles. The van der Waals surface area contributed by atoms with Gasteiger partial charge in [0.25, 0.3) is 10.0 Å². The molecule has 0 saturated carbocycles. The van der Waals surface area contributed by atoms with Gasteiger partial charge in [-0.15, -0.1) is 11.3 Å². The van der Waals surface area contributed by atoms with Gasteiger partial charge in [-0.25, -0.2) is 22.9 Å². The van der Waals surface area contributed by atoms with Gasteiger partial charge in [-0.3, -0.25) is 0 Å². The molecule has 1 rings (SSSR count). The molecular weight excluding hydrogens is 276 g/mol. The van der Waals surface area contributed by atoms with Crippen molar-refractivity contribution in [2.45, 2.75) is 43.4 Å². The largest absolute Gasteiger partial charge is 0.476 e. The Balaban J connectivity index is 3.07. The lowest BCUT2D eigenvalue weighted by Crippen LogP contribution is -2.43. The summed E-state index contributed by atoms with van der Waals surface area (Å²) in [5, 5.41) is 8.87. The van der Waals surface area contributed by atoms with Crippen molar-refractivity contribution < 1.29 is 18.3 Å². The maximum absolute atomic E-state index is 12.1. The number of thiazole rings is 1. The Morgan fingerprint density at radius 3 is 2.67 bits per heavy atom. The highest BCUT2D eigenvalue weighted by Crippen LogP contribution is 2.23. The lowest BCUT2D eigenvalue weighted by Gasteiger charge is -2.24. The molecule has 0 aliphatic rings. The van der Waals surface area contributed by atoms with E-state index in [-0.39, 0.29) is 4.21 Å². The van der Waals surface area contributed by atoms with Crippen LogP contribution in [0.25, 0.3) is 0 Å². The maximum Gasteiger partial charge on any atom is 0.356 e. The fraction of sp³-hybridized carbons (Fsp3) is 0.600. The number of aromatic carboxylic acids is 1. The van der Waals surface area contributed by atoms with Crippen LogP contribution < -0.4 is 4.72 Å². The third-order valence-electron chi connectivity index (χ3n) is 2.27. The summed E-state index contributed by atoms with van der Waals surface area (Å²) in [5.41, 5.74) is 0.165. The number of carboxylic acids is 1. The summed E-state index contributed by atoms with van der Waals surface area (Å²) in [6.45, 7) is 5.47. The summed E-state index contributed by atoms with van der Waals surface area (Å²) >= 11 is 0.801. The lowest BCUT2D eigenvalue weighted by atomic mass is 10.0. The van der Waals surface area contributed by atoms with Crippen LogP contribution in [0.1, 0.15) is 44.1 Å². The zero-order valence-electron chi connectivity index (χ0n) is 10.4. The number of sulfonamides is 1. The molecule has 18 heavy (non-hydrogen) atoms. The molecule has 0 bridgehead atoms. The van der Waals surface area contributed by atoms with Crippen molar-refractivity contribution in [2.75, 3.05) is 0 Å². The first-order valence-electron chi connectivity index (χ1n) is 5.40. The van der Waals surface area contributed by atoms with Crippen LogP contribution in [0.15, 0.2) is 9.72 Å². The average molecular weight is 292 g/mol. The third kappa shape index (κ3) is 3.50. The molecule has 1 heterocycles. The monoisotopic (exact) mass is 292 g/mol. The van der Waals surface area contributed by atoms with Crippen LogP contribution >= 0.6 is 11.3 Å². The topological polar surface area (TPSA) is 96.4 Å². The van der Waals surface area contributed by atoms with E-state index in [0.717, 1.165) is 17.8 Å². The third-order valence-corrected chi connectivity index (χ3v) is 5.34. The van der Waals surface area contributed by atoms with Crippen molar-refractivity contribution in [1.29, 1.82) is 0 Å². The van der Waals surface area contributed by atoms with Crippen molar-refractivity contribution in [1.82, 2.24) is 9.71 Å². The fourth-order valence-electron chi connectivity index (χ4n) is 1.65. The molecule has 0 radical (unpaired) electrons. The molecule has 1 aromatic rings. The fourth-order valence-corrected chi connectivity index (χ4v) is 4.24. The molecule has 8 heteroatoms. The van der Waals surface area contributed by atoms with Crippen LogP contribution in [0.3, 0.4) is 0 Å². The Labute approximate surface area is 110 Å². The van der Waals surface area contributed by atoms with Crippen LogP contribution in [-0.2, 0) is 10.0 Å². The highest BCUT2D eigenvalue weighted by atomic mass is 32.2. The molecule has 0 amide bonds. The molecule has 2 N–H and O–H groups in total. The van der Waals surface area contributed by atoms with E-state index in [1.54, 1.807) is 13.8 Å². The predicted octanol–water partition coefficient (Wildman–Crippen LogP) is 1.70. The van der Waals surface area contributed by atoms with Gasteiger partial charge in [0.15, 0.2) is 9.90 Å². The van der Waals surface area contributed by atoms with E-state index >= 15 is 0 Å². The van der Waals surface area contributed by atoms with Crippen molar-refractivity contribution in [3.8, 4) is 0 Å². The molecule has 6 nitrogen and oxygen atoms in total. The molecule has 0 aliphatic carbocycles. The first-order chi connectivity index (χ1) is 8.19. The zero-order chi connectivity index (χ0) is 14.0. The lowest BCUT2D eigenvalue weighted by molar-refractivity contribution is 0.0687. The molecule has 0 aromatic carbocycles. The first-order valence-corrected chi connectivity index (χ1v) is 7.76. The highest BCUT2D eigenvalue weighted by molar-refractivity contribution is 7.91. The number of carbonyl (C=O) groups is 1. The van der Waals surface area contributed by atoms with Gasteiger partial charge >= 0.3 is 5.97 Å². The Morgan fingerprint density at radius 2 is 2.17 bits per heavy atom. The summed E-state index contributed by atoms with van der Waals surface area (Å²) in [5.74, 6) is -1.34. The molecule has 0 aliphatic heterocycles. The van der Waals surface area contributed by atoms with E-state index in [1.807, 2.05) is 6.92 Å². The van der Waals surface area contributed by atoms with Gasteiger partial charge < -0.3 is 5.11 Å². The molecule has 0 fully saturated rings. The van der Waals surface area contributed by atoms with Crippen LogP contribution in [0.4, 0.5) is 0 Å². The van der Waals surface area contributed by atoms with Crippen LogP contribution in [0.2, 0.25) is 0 Å². The smallest absolute Gasteiger partial charge is 0.356 e. The predicted molar refractivity (Wildman–Crippen MR) is 68.4 cm³/mol. The molecule has 0 spiro atoms. The number of hydrogen-bond donors (Lipinski definition) is 2. The standard InChI is InChI=1S/C10H16N2O4S2/c1-4-5-10(2,3)12-18(15,16)9-7(8(13)14)11-6-17-9/h6,12H,4-5H2,1-3H3,(H,13,14). The van der Waals surface area contributed by atoms with Gasteiger partial charge in [-0.2, -0.15) is 0 Å². The zero-order valence-corrected chi connectivity index (χ0v) is 12.1. The van der Waals surface area contributed by atoms with Crippen LogP contribution in [0, 0.1) is 0 Å². The minimum absolute atomic E-state index is 0.251. The van der Waals surface area contributed by atoms with Gasteiger partial charge in [0, 0.05) is 5.54 Å². The summed E-state index contributed by atoms with van der Waals surface area (Å²) in [6.07, 6.45) is 1.48. The van der Waals surface area contributed by atoms with Crippen molar-refractivity contribution in [3.05, 3.63) is 11.2 Å². The number of rotatable bonds is 6. The van der Waals surface area contributed by atoms with E-state index in [9.17, 15) is 13.2 Å². The quantitative estimate of drug-likeness (QED) is 0.831. The summed E-state index contributed by atoms with van der Waals surface area (Å²) in [7, 11) is -3.85. The summed E-state index contributed by atoms with van der Waals surface area (Å²) in [4.78, 5) is 14.4. The molecule has 0 saturated heterocycles. The Bertz CT molecular complexity index is 534. The highest BCUT2D eigenvalue weighted by Gasteiger charge is 2.30. The van der Waals surface area contributed by atoms with Gasteiger partial charge in [0.05, 0.1) is 5.51 Å². The Kier molecular flexibility index (Phi) is 4.46. The maximum atomic E-state index is 12.1. The van der Waals surface area contributed by atoms with Crippen molar-refractivity contribution in [2.24, 2.45) is 0 Å². The second kappa shape index (κ2) is 5.33. The molecule has 0 atom stereocenters. The number of hydrogen-bond acceptors (Lipinski definition) is 5. The number of nitrogens with one attached hydrogen (secondary N) is 1. The van der Waals surface area contributed by atoms with E-state index in [1.165, 1.54) is 5.51 Å². The average Bonchev–Trinajstić information content (AvgIpc) is 2.63. The number of aromatic nitrogens is 1. The van der Waals surface area contributed by atoms with Gasteiger partial charge in [-0.1, -0.05) is 13.3 Å². The SMILES string of the molecule is CCCC(C)(C)NS(=O)(=O)c1scnc1C(=O)O. The van der Waals surface area contributed by atoms with E-state index in [0.29, 0.717) is 6.42 Å². The van der Waals surface area contributed by atoms with Gasteiger partial charge in [0.2, 0.25) is 0 Å². The minimum atomic E-state index is -3.85. The minimum Gasteiger partial charge on any atom is -0.476 e. The van der Waals surface area contributed by atoms with E-state index < -0.39 is 27.2 Å². The van der Waals surface area contributed by atoms with Crippen molar-refractivity contribution in [3.63, 3.8) is 0 Å². The molecular formula is C10H16N2O4S2. The Hall–Kier alpha value is -0.990. The number of carboxylic acid groups (broad SMARTS) is 1. The summed E-state index contributed by atoms with van der Waals surface area (Å²) in [6, 6.07) is 0. The first kappa shape index (κ1) is 15.1. The number of nitrogens with zero attached hydrogens (tertiary/aromatic N) is 1. The Morgan fingerprint density at radius 1 is 1.56 bits per heavy atom. The molecule has 0 unspecified atom stereocenters. The van der Waals surface area contributed by atoms with Crippen molar-refractivity contribution >= 4 is 27.3 Å². The van der Waals surface area contributed by atoms with Crippen LogP contribution in [-0.4, -0.2) is 30.0 Å². The van der Waals surface area contributed by atoms with Crippen LogP contribution in [0.5, 0.6) is 0 Å². The second-order valence-corrected chi connectivity index (χ2v) is 7.27. The van der Waals surface area contributed by atoms with Gasteiger partial charge in [-0.05, 0) is 20.3 Å². The normalized spacial score (nSPS) is 12.6.